The van der Waals surface area contributed by atoms with Gasteiger partial charge in [-0.2, -0.15) is 5.10 Å². The van der Waals surface area contributed by atoms with Crippen molar-refractivity contribution in [2.45, 2.75) is 24.8 Å². The first-order chi connectivity index (χ1) is 10.2. The summed E-state index contributed by atoms with van der Waals surface area (Å²) in [5.41, 5.74) is 2.54. The maximum atomic E-state index is 11.7. The number of H-pyrrole nitrogens is 1. The SMILES string of the molecule is O=C(O)C(c1c[nH]c2ccncc12)n1ccc(C2CC2)n1. The third-order valence-corrected chi connectivity index (χ3v) is 3.93. The summed E-state index contributed by atoms with van der Waals surface area (Å²) >= 11 is 0. The van der Waals surface area contributed by atoms with Gasteiger partial charge < -0.3 is 10.1 Å². The molecule has 6 heteroatoms. The second-order valence-electron chi connectivity index (χ2n) is 5.40. The van der Waals surface area contributed by atoms with Gasteiger partial charge >= 0.3 is 5.97 Å². The number of carboxylic acid groups (broad SMARTS) is 1. The molecule has 4 rings (SSSR count). The molecule has 6 nitrogen and oxygen atoms in total. The fourth-order valence-corrected chi connectivity index (χ4v) is 2.69. The average Bonchev–Trinajstić information content (AvgIpc) is 3.08. The van der Waals surface area contributed by atoms with Crippen LogP contribution in [0.4, 0.5) is 0 Å². The summed E-state index contributed by atoms with van der Waals surface area (Å²) in [4.78, 5) is 18.9. The van der Waals surface area contributed by atoms with Gasteiger partial charge in [0.15, 0.2) is 6.04 Å². The van der Waals surface area contributed by atoms with Gasteiger partial charge in [-0.1, -0.05) is 0 Å². The molecule has 3 aromatic rings. The molecule has 0 aromatic carbocycles. The van der Waals surface area contributed by atoms with Gasteiger partial charge in [0.2, 0.25) is 0 Å². The number of nitrogens with zero attached hydrogens (tertiary/aromatic N) is 3. The lowest BCUT2D eigenvalue weighted by Crippen LogP contribution is -2.20. The van der Waals surface area contributed by atoms with Crippen LogP contribution < -0.4 is 0 Å². The van der Waals surface area contributed by atoms with Crippen LogP contribution in [0.3, 0.4) is 0 Å². The van der Waals surface area contributed by atoms with Gasteiger partial charge in [-0.25, -0.2) is 4.79 Å². The second kappa shape index (κ2) is 4.44. The number of aromatic nitrogens is 4. The van der Waals surface area contributed by atoms with Crippen molar-refractivity contribution in [3.05, 3.63) is 48.2 Å². The van der Waals surface area contributed by atoms with Crippen LogP contribution in [0, 0.1) is 0 Å². The minimum Gasteiger partial charge on any atom is -0.479 e. The van der Waals surface area contributed by atoms with Crippen molar-refractivity contribution >= 4 is 16.9 Å². The summed E-state index contributed by atoms with van der Waals surface area (Å²) in [7, 11) is 0. The molecule has 106 valence electrons. The van der Waals surface area contributed by atoms with Gasteiger partial charge in [0.05, 0.1) is 5.69 Å². The van der Waals surface area contributed by atoms with Crippen LogP contribution in [0.2, 0.25) is 0 Å². The summed E-state index contributed by atoms with van der Waals surface area (Å²) in [6.07, 6.45) is 9.13. The van der Waals surface area contributed by atoms with E-state index in [1.165, 1.54) is 4.68 Å². The zero-order valence-electron chi connectivity index (χ0n) is 11.2. The lowest BCUT2D eigenvalue weighted by molar-refractivity contribution is -0.139. The number of carboxylic acids is 1. The Morgan fingerprint density at radius 3 is 3.05 bits per heavy atom. The Balaban J connectivity index is 1.81. The van der Waals surface area contributed by atoms with E-state index in [0.29, 0.717) is 11.5 Å². The van der Waals surface area contributed by atoms with Crippen molar-refractivity contribution in [2.24, 2.45) is 0 Å². The first-order valence-corrected chi connectivity index (χ1v) is 6.93. The second-order valence-corrected chi connectivity index (χ2v) is 5.40. The Hall–Kier alpha value is -2.63. The molecule has 1 aliphatic carbocycles. The molecule has 0 amide bonds. The van der Waals surface area contributed by atoms with E-state index < -0.39 is 12.0 Å². The zero-order valence-corrected chi connectivity index (χ0v) is 11.2. The van der Waals surface area contributed by atoms with E-state index >= 15 is 0 Å². The third kappa shape index (κ3) is 1.99. The van der Waals surface area contributed by atoms with E-state index in [0.717, 1.165) is 29.4 Å². The van der Waals surface area contributed by atoms with Crippen molar-refractivity contribution in [3.63, 3.8) is 0 Å². The average molecular weight is 282 g/mol. The minimum absolute atomic E-state index is 0.505. The highest BCUT2D eigenvalue weighted by Gasteiger charge is 2.30. The molecule has 3 heterocycles. The monoisotopic (exact) mass is 282 g/mol. The highest BCUT2D eigenvalue weighted by molar-refractivity contribution is 5.88. The van der Waals surface area contributed by atoms with Crippen LogP contribution in [0.5, 0.6) is 0 Å². The van der Waals surface area contributed by atoms with Gasteiger partial charge in [-0.3, -0.25) is 9.67 Å². The molecule has 1 fully saturated rings. The summed E-state index contributed by atoms with van der Waals surface area (Å²) in [6, 6.07) is 2.91. The van der Waals surface area contributed by atoms with Crippen molar-refractivity contribution < 1.29 is 9.90 Å². The molecule has 1 unspecified atom stereocenters. The first kappa shape index (κ1) is 12.1. The summed E-state index contributed by atoms with van der Waals surface area (Å²) in [5.74, 6) is -0.421. The Morgan fingerprint density at radius 1 is 1.43 bits per heavy atom. The Morgan fingerprint density at radius 2 is 2.29 bits per heavy atom. The standard InChI is InChI=1S/C15H14N4O2/c20-15(21)14(19-6-4-12(18-19)9-1-2-9)11-8-17-13-3-5-16-7-10(11)13/h3-9,14,17H,1-2H2,(H,20,21). The third-order valence-electron chi connectivity index (χ3n) is 3.93. The van der Waals surface area contributed by atoms with Crippen LogP contribution in [0.25, 0.3) is 10.9 Å². The molecule has 1 saturated carbocycles. The molecule has 0 saturated heterocycles. The van der Waals surface area contributed by atoms with Gasteiger partial charge in [-0.05, 0) is 25.0 Å². The first-order valence-electron chi connectivity index (χ1n) is 6.93. The number of rotatable bonds is 4. The highest BCUT2D eigenvalue weighted by Crippen LogP contribution is 2.39. The number of fused-ring (bicyclic) bond motifs is 1. The molecule has 0 aliphatic heterocycles. The molecule has 2 N–H and O–H groups in total. The number of hydrogen-bond acceptors (Lipinski definition) is 3. The summed E-state index contributed by atoms with van der Waals surface area (Å²) in [5, 5.41) is 14.9. The molecule has 21 heavy (non-hydrogen) atoms. The maximum Gasteiger partial charge on any atom is 0.333 e. The quantitative estimate of drug-likeness (QED) is 0.769. The van der Waals surface area contributed by atoms with Crippen molar-refractivity contribution in [1.82, 2.24) is 19.7 Å². The number of aromatic amines is 1. The molecule has 0 radical (unpaired) electrons. The van der Waals surface area contributed by atoms with Crippen LogP contribution in [-0.4, -0.2) is 30.8 Å². The highest BCUT2D eigenvalue weighted by atomic mass is 16.4. The zero-order chi connectivity index (χ0) is 14.4. The molecule has 1 atom stereocenters. The van der Waals surface area contributed by atoms with Crippen LogP contribution >= 0.6 is 0 Å². The molecule has 0 bridgehead atoms. The molecular weight excluding hydrogens is 268 g/mol. The van der Waals surface area contributed by atoms with Crippen LogP contribution in [0.1, 0.15) is 36.1 Å². The van der Waals surface area contributed by atoms with Crippen molar-refractivity contribution in [2.75, 3.05) is 0 Å². The van der Waals surface area contributed by atoms with Crippen molar-refractivity contribution in [3.8, 4) is 0 Å². The van der Waals surface area contributed by atoms with Gasteiger partial charge in [0, 0.05) is 47.2 Å². The fourth-order valence-electron chi connectivity index (χ4n) is 2.69. The summed E-state index contributed by atoms with van der Waals surface area (Å²) in [6.45, 7) is 0. The fraction of sp³-hybridized carbons (Fsp3) is 0.267. The topological polar surface area (TPSA) is 83.8 Å². The van der Waals surface area contributed by atoms with E-state index in [9.17, 15) is 9.90 Å². The number of nitrogens with one attached hydrogen (secondary N) is 1. The predicted octanol–water partition coefficient (Wildman–Crippen LogP) is 2.31. The summed E-state index contributed by atoms with van der Waals surface area (Å²) < 4.78 is 1.53. The van der Waals surface area contributed by atoms with Crippen molar-refractivity contribution in [1.29, 1.82) is 0 Å². The predicted molar refractivity (Wildman–Crippen MR) is 76.1 cm³/mol. The number of aliphatic carboxylic acids is 1. The molecule has 0 spiro atoms. The van der Waals surface area contributed by atoms with Gasteiger partial charge in [0.1, 0.15) is 0 Å². The lowest BCUT2D eigenvalue weighted by Gasteiger charge is -2.12. The van der Waals surface area contributed by atoms with E-state index in [1.54, 1.807) is 24.8 Å². The molecular formula is C15H14N4O2. The van der Waals surface area contributed by atoms with E-state index in [2.05, 4.69) is 15.1 Å². The maximum absolute atomic E-state index is 11.7. The number of pyridine rings is 1. The van der Waals surface area contributed by atoms with E-state index in [4.69, 9.17) is 0 Å². The normalized spacial score (nSPS) is 16.2. The molecule has 1 aliphatic rings. The smallest absolute Gasteiger partial charge is 0.333 e. The Bertz CT molecular complexity index is 816. The largest absolute Gasteiger partial charge is 0.479 e. The Labute approximate surface area is 120 Å². The van der Waals surface area contributed by atoms with Gasteiger partial charge in [-0.15, -0.1) is 0 Å². The van der Waals surface area contributed by atoms with E-state index in [1.807, 2.05) is 12.1 Å². The number of hydrogen-bond donors (Lipinski definition) is 2. The molecule has 3 aromatic heterocycles. The van der Waals surface area contributed by atoms with Crippen LogP contribution in [0.15, 0.2) is 36.9 Å². The number of carbonyl (C=O) groups is 1. The minimum atomic E-state index is -0.926. The van der Waals surface area contributed by atoms with Crippen LogP contribution in [-0.2, 0) is 4.79 Å². The lowest BCUT2D eigenvalue weighted by atomic mass is 10.1. The van der Waals surface area contributed by atoms with Gasteiger partial charge in [0.25, 0.3) is 0 Å². The Kier molecular flexibility index (Phi) is 2.57. The van der Waals surface area contributed by atoms with E-state index in [-0.39, 0.29) is 0 Å².